The zero-order valence-electron chi connectivity index (χ0n) is 12.0. The Labute approximate surface area is 128 Å². The fourth-order valence-corrected chi connectivity index (χ4v) is 2.85. The number of amides is 1. The molecule has 5 heteroatoms. The van der Waals surface area contributed by atoms with E-state index in [4.69, 9.17) is 4.74 Å². The van der Waals surface area contributed by atoms with Crippen LogP contribution in [0.15, 0.2) is 22.7 Å². The molecule has 1 heterocycles. The highest BCUT2D eigenvalue weighted by molar-refractivity contribution is 9.10. The fourth-order valence-electron chi connectivity index (χ4n) is 2.61. The third-order valence-electron chi connectivity index (χ3n) is 3.76. The lowest BCUT2D eigenvalue weighted by atomic mass is 9.98. The molecule has 1 saturated heterocycles. The molecule has 0 bridgehead atoms. The first kappa shape index (κ1) is 15.5. The first-order chi connectivity index (χ1) is 9.56. The number of ether oxygens (including phenoxy) is 1. The second kappa shape index (κ2) is 6.70. The van der Waals surface area contributed by atoms with Crippen LogP contribution in [-0.4, -0.2) is 38.3 Å². The van der Waals surface area contributed by atoms with Crippen molar-refractivity contribution in [1.29, 1.82) is 0 Å². The number of methoxy groups -OCH3 is 1. The Morgan fingerprint density at radius 3 is 2.95 bits per heavy atom. The van der Waals surface area contributed by atoms with Gasteiger partial charge in [0.1, 0.15) is 0 Å². The molecule has 2 N–H and O–H groups in total. The van der Waals surface area contributed by atoms with Crippen molar-refractivity contribution in [3.63, 3.8) is 0 Å². The van der Waals surface area contributed by atoms with Gasteiger partial charge in [-0.05, 0) is 50.1 Å². The van der Waals surface area contributed by atoms with Crippen LogP contribution in [0, 0.1) is 6.92 Å². The van der Waals surface area contributed by atoms with Crippen LogP contribution >= 0.6 is 15.9 Å². The Morgan fingerprint density at radius 1 is 1.55 bits per heavy atom. The third-order valence-corrected chi connectivity index (χ3v) is 4.65. The molecule has 0 aliphatic carbocycles. The second-order valence-electron chi connectivity index (χ2n) is 5.39. The van der Waals surface area contributed by atoms with Gasteiger partial charge in [0.05, 0.1) is 12.1 Å². The molecule has 0 saturated carbocycles. The van der Waals surface area contributed by atoms with Crippen molar-refractivity contribution in [3.8, 4) is 0 Å². The number of hydrogen-bond acceptors (Lipinski definition) is 3. The van der Waals surface area contributed by atoms with Crippen molar-refractivity contribution in [2.75, 3.05) is 26.8 Å². The predicted molar refractivity (Wildman–Crippen MR) is 83.1 cm³/mol. The van der Waals surface area contributed by atoms with E-state index in [1.807, 2.05) is 25.1 Å². The average Bonchev–Trinajstić information content (AvgIpc) is 2.89. The van der Waals surface area contributed by atoms with Crippen LogP contribution in [0.3, 0.4) is 0 Å². The topological polar surface area (TPSA) is 50.4 Å². The lowest BCUT2D eigenvalue weighted by Gasteiger charge is -2.29. The predicted octanol–water partition coefficient (Wildman–Crippen LogP) is 2.26. The third kappa shape index (κ3) is 3.59. The highest BCUT2D eigenvalue weighted by Gasteiger charge is 2.33. The molecule has 1 fully saturated rings. The van der Waals surface area contributed by atoms with E-state index in [-0.39, 0.29) is 11.4 Å². The van der Waals surface area contributed by atoms with Crippen LogP contribution < -0.4 is 10.6 Å². The molecule has 1 amide bonds. The minimum absolute atomic E-state index is 0.0372. The number of carbonyl (C=O) groups is 1. The van der Waals surface area contributed by atoms with Crippen LogP contribution in [0.1, 0.15) is 28.8 Å². The molecule has 0 radical (unpaired) electrons. The number of carbonyl (C=O) groups excluding carboxylic acids is 1. The standard InChI is InChI=1S/C15H21BrN2O2/c1-11-8-12(4-5-13(11)16)14(19)17-9-15(10-20-2)6-3-7-18-15/h4-5,8,18H,3,6-7,9-10H2,1-2H3,(H,17,19). The zero-order valence-corrected chi connectivity index (χ0v) is 13.5. The number of hydrogen-bond donors (Lipinski definition) is 2. The molecule has 1 atom stereocenters. The van der Waals surface area contributed by atoms with Gasteiger partial charge in [-0.1, -0.05) is 15.9 Å². The molecule has 1 aliphatic rings. The lowest BCUT2D eigenvalue weighted by Crippen LogP contribution is -2.53. The average molecular weight is 341 g/mol. The summed E-state index contributed by atoms with van der Waals surface area (Å²) in [6.45, 7) is 4.17. The van der Waals surface area contributed by atoms with Gasteiger partial charge in [-0.25, -0.2) is 0 Å². The Hall–Kier alpha value is -0.910. The first-order valence-electron chi connectivity index (χ1n) is 6.85. The number of rotatable bonds is 5. The molecule has 110 valence electrons. The summed E-state index contributed by atoms with van der Waals surface area (Å²) >= 11 is 3.44. The van der Waals surface area contributed by atoms with E-state index in [1.165, 1.54) is 0 Å². The van der Waals surface area contributed by atoms with Crippen LogP contribution in [0.4, 0.5) is 0 Å². The molecular formula is C15H21BrN2O2. The van der Waals surface area contributed by atoms with Crippen LogP contribution in [0.2, 0.25) is 0 Å². The van der Waals surface area contributed by atoms with Gasteiger partial charge in [0, 0.05) is 23.7 Å². The maximum absolute atomic E-state index is 12.2. The van der Waals surface area contributed by atoms with Crippen molar-refractivity contribution in [3.05, 3.63) is 33.8 Å². The van der Waals surface area contributed by atoms with Gasteiger partial charge >= 0.3 is 0 Å². The van der Waals surface area contributed by atoms with Crippen molar-refractivity contribution in [2.24, 2.45) is 0 Å². The largest absolute Gasteiger partial charge is 0.383 e. The van der Waals surface area contributed by atoms with Gasteiger partial charge in [0.25, 0.3) is 5.91 Å². The molecule has 1 unspecified atom stereocenters. The molecule has 1 aliphatic heterocycles. The van der Waals surface area contributed by atoms with Crippen LogP contribution in [0.25, 0.3) is 0 Å². The Bertz CT molecular complexity index is 485. The normalized spacial score (nSPS) is 21.9. The van der Waals surface area contributed by atoms with Gasteiger partial charge < -0.3 is 15.4 Å². The van der Waals surface area contributed by atoms with Crippen LogP contribution in [-0.2, 0) is 4.74 Å². The number of halogens is 1. The van der Waals surface area contributed by atoms with Gasteiger partial charge in [-0.2, -0.15) is 0 Å². The maximum atomic E-state index is 12.2. The molecule has 4 nitrogen and oxygen atoms in total. The highest BCUT2D eigenvalue weighted by Crippen LogP contribution is 2.20. The van der Waals surface area contributed by atoms with E-state index < -0.39 is 0 Å². The summed E-state index contributed by atoms with van der Waals surface area (Å²) in [7, 11) is 1.70. The van der Waals surface area contributed by atoms with Gasteiger partial charge in [0.15, 0.2) is 0 Å². The number of aryl methyl sites for hydroxylation is 1. The number of benzene rings is 1. The van der Waals surface area contributed by atoms with Crippen molar-refractivity contribution in [1.82, 2.24) is 10.6 Å². The molecule has 2 rings (SSSR count). The Morgan fingerprint density at radius 2 is 2.35 bits per heavy atom. The summed E-state index contributed by atoms with van der Waals surface area (Å²) in [5.41, 5.74) is 1.63. The van der Waals surface area contributed by atoms with Gasteiger partial charge in [0.2, 0.25) is 0 Å². The monoisotopic (exact) mass is 340 g/mol. The summed E-state index contributed by atoms with van der Waals surface area (Å²) in [4.78, 5) is 12.2. The molecule has 20 heavy (non-hydrogen) atoms. The van der Waals surface area contributed by atoms with E-state index in [0.717, 1.165) is 29.4 Å². The van der Waals surface area contributed by atoms with Crippen molar-refractivity contribution in [2.45, 2.75) is 25.3 Å². The minimum atomic E-state index is -0.116. The smallest absolute Gasteiger partial charge is 0.251 e. The van der Waals surface area contributed by atoms with E-state index in [2.05, 4.69) is 26.6 Å². The number of nitrogens with one attached hydrogen (secondary N) is 2. The molecular weight excluding hydrogens is 320 g/mol. The van der Waals surface area contributed by atoms with Gasteiger partial charge in [-0.3, -0.25) is 4.79 Å². The first-order valence-corrected chi connectivity index (χ1v) is 7.64. The summed E-state index contributed by atoms with van der Waals surface area (Å²) in [5.74, 6) is -0.0372. The maximum Gasteiger partial charge on any atom is 0.251 e. The van der Waals surface area contributed by atoms with E-state index in [1.54, 1.807) is 7.11 Å². The molecule has 1 aromatic rings. The highest BCUT2D eigenvalue weighted by atomic mass is 79.9. The molecule has 1 aromatic carbocycles. The Kier molecular flexibility index (Phi) is 5.18. The van der Waals surface area contributed by atoms with Gasteiger partial charge in [-0.15, -0.1) is 0 Å². The van der Waals surface area contributed by atoms with Crippen molar-refractivity contribution >= 4 is 21.8 Å². The van der Waals surface area contributed by atoms with E-state index >= 15 is 0 Å². The zero-order chi connectivity index (χ0) is 14.6. The van der Waals surface area contributed by atoms with E-state index in [0.29, 0.717) is 18.7 Å². The summed E-state index contributed by atoms with van der Waals surface area (Å²) in [6, 6.07) is 5.63. The minimum Gasteiger partial charge on any atom is -0.383 e. The molecule has 0 aromatic heterocycles. The quantitative estimate of drug-likeness (QED) is 0.864. The summed E-state index contributed by atoms with van der Waals surface area (Å²) < 4.78 is 6.30. The second-order valence-corrected chi connectivity index (χ2v) is 6.24. The van der Waals surface area contributed by atoms with Crippen molar-refractivity contribution < 1.29 is 9.53 Å². The SMILES string of the molecule is COCC1(CNC(=O)c2ccc(Br)c(C)c2)CCCN1. The molecule has 0 spiro atoms. The summed E-state index contributed by atoms with van der Waals surface area (Å²) in [5, 5.41) is 6.47. The fraction of sp³-hybridized carbons (Fsp3) is 0.533. The lowest BCUT2D eigenvalue weighted by molar-refractivity contribution is 0.0892. The van der Waals surface area contributed by atoms with E-state index in [9.17, 15) is 4.79 Å². The van der Waals surface area contributed by atoms with Crippen LogP contribution in [0.5, 0.6) is 0 Å². The Balaban J connectivity index is 1.98. The summed E-state index contributed by atoms with van der Waals surface area (Å²) in [6.07, 6.45) is 2.15.